The van der Waals surface area contributed by atoms with Gasteiger partial charge in [0.1, 0.15) is 0 Å². The number of aliphatic hydroxyl groups is 1. The lowest BCUT2D eigenvalue weighted by Gasteiger charge is -2.31. The summed E-state index contributed by atoms with van der Waals surface area (Å²) in [5.74, 6) is 3.70. The van der Waals surface area contributed by atoms with Crippen molar-refractivity contribution in [2.24, 2.45) is 11.8 Å². The Hall–Kier alpha value is -2.44. The first-order valence-electron chi connectivity index (χ1n) is 11.6. The summed E-state index contributed by atoms with van der Waals surface area (Å²) in [6.45, 7) is 6.37. The van der Waals surface area contributed by atoms with Gasteiger partial charge in [0.15, 0.2) is 23.0 Å². The maximum Gasteiger partial charge on any atom is 0.160 e. The van der Waals surface area contributed by atoms with Gasteiger partial charge in [0.05, 0.1) is 28.4 Å². The van der Waals surface area contributed by atoms with E-state index in [1.807, 2.05) is 18.2 Å². The third-order valence-corrected chi connectivity index (χ3v) is 6.47. The third kappa shape index (κ3) is 7.27. The van der Waals surface area contributed by atoms with Crippen LogP contribution in [-0.2, 0) is 6.42 Å². The minimum absolute atomic E-state index is 0.159. The Kier molecular flexibility index (Phi) is 10.8. The number of aliphatic hydroxyl groups excluding tert-OH is 1. The maximum absolute atomic E-state index is 10.2. The Balaban J connectivity index is 2.09. The van der Waals surface area contributed by atoms with E-state index < -0.39 is 0 Å². The molecule has 1 unspecified atom stereocenters. The molecule has 0 aromatic heterocycles. The largest absolute Gasteiger partial charge is 0.493 e. The topological polar surface area (TPSA) is 60.4 Å². The van der Waals surface area contributed by atoms with Crippen molar-refractivity contribution in [3.05, 3.63) is 47.5 Å². The first-order valence-corrected chi connectivity index (χ1v) is 11.6. The highest BCUT2D eigenvalue weighted by Crippen LogP contribution is 2.37. The van der Waals surface area contributed by atoms with Crippen molar-refractivity contribution in [2.75, 3.05) is 55.2 Å². The molecule has 0 radical (unpaired) electrons. The zero-order chi connectivity index (χ0) is 24.4. The SMILES string of the molecule is COc1ccc(CCN(C)CCC(c2ccc(OC)c(OC)c2)[C@H](CO)C(C)C)cc1OC. The Morgan fingerprint density at radius 3 is 1.91 bits per heavy atom. The van der Waals surface area contributed by atoms with Crippen molar-refractivity contribution in [2.45, 2.75) is 32.6 Å². The van der Waals surface area contributed by atoms with Crippen LogP contribution in [0, 0.1) is 11.8 Å². The molecule has 33 heavy (non-hydrogen) atoms. The highest BCUT2D eigenvalue weighted by molar-refractivity contribution is 5.44. The minimum atomic E-state index is 0.159. The van der Waals surface area contributed by atoms with Crippen molar-refractivity contribution in [1.29, 1.82) is 0 Å². The molecule has 0 saturated heterocycles. The Bertz CT molecular complexity index is 854. The molecule has 0 bridgehead atoms. The lowest BCUT2D eigenvalue weighted by molar-refractivity contribution is 0.154. The van der Waals surface area contributed by atoms with Crippen LogP contribution in [-0.4, -0.2) is 65.2 Å². The lowest BCUT2D eigenvalue weighted by Crippen LogP contribution is -2.28. The molecule has 0 amide bonds. The van der Waals surface area contributed by atoms with Crippen molar-refractivity contribution < 1.29 is 24.1 Å². The molecule has 0 aliphatic heterocycles. The Labute approximate surface area is 199 Å². The van der Waals surface area contributed by atoms with Gasteiger partial charge in [0, 0.05) is 13.2 Å². The summed E-state index contributed by atoms with van der Waals surface area (Å²) in [5, 5.41) is 10.2. The van der Waals surface area contributed by atoms with E-state index >= 15 is 0 Å². The van der Waals surface area contributed by atoms with E-state index in [0.717, 1.165) is 48.9 Å². The molecule has 2 aromatic carbocycles. The maximum atomic E-state index is 10.2. The van der Waals surface area contributed by atoms with Crippen LogP contribution in [0.4, 0.5) is 0 Å². The van der Waals surface area contributed by atoms with Crippen LogP contribution >= 0.6 is 0 Å². The summed E-state index contributed by atoms with van der Waals surface area (Å²) in [7, 11) is 8.76. The number of likely N-dealkylation sites (N-methyl/N-ethyl adjacent to an activating group) is 1. The van der Waals surface area contributed by atoms with Crippen LogP contribution < -0.4 is 18.9 Å². The molecule has 6 heteroatoms. The molecular weight excluding hydrogens is 418 g/mol. The van der Waals surface area contributed by atoms with Gasteiger partial charge in [-0.2, -0.15) is 0 Å². The first-order chi connectivity index (χ1) is 15.9. The summed E-state index contributed by atoms with van der Waals surface area (Å²) >= 11 is 0. The number of methoxy groups -OCH3 is 4. The van der Waals surface area contributed by atoms with E-state index in [9.17, 15) is 5.11 Å². The summed E-state index contributed by atoms with van der Waals surface area (Å²) in [6, 6.07) is 12.2. The van der Waals surface area contributed by atoms with Crippen molar-refractivity contribution in [1.82, 2.24) is 4.90 Å². The van der Waals surface area contributed by atoms with Gasteiger partial charge < -0.3 is 29.0 Å². The number of benzene rings is 2. The van der Waals surface area contributed by atoms with Gasteiger partial charge in [-0.15, -0.1) is 0 Å². The summed E-state index contributed by atoms with van der Waals surface area (Å²) in [5.41, 5.74) is 2.39. The Morgan fingerprint density at radius 1 is 0.788 bits per heavy atom. The van der Waals surface area contributed by atoms with Crippen LogP contribution in [0.3, 0.4) is 0 Å². The molecule has 0 heterocycles. The second-order valence-corrected chi connectivity index (χ2v) is 8.84. The molecule has 2 atom stereocenters. The highest BCUT2D eigenvalue weighted by atomic mass is 16.5. The average molecular weight is 460 g/mol. The smallest absolute Gasteiger partial charge is 0.160 e. The molecule has 0 fully saturated rings. The molecule has 2 aromatic rings. The van der Waals surface area contributed by atoms with Crippen molar-refractivity contribution >= 4 is 0 Å². The fraction of sp³-hybridized carbons (Fsp3) is 0.556. The van der Waals surface area contributed by atoms with E-state index in [2.05, 4.69) is 44.0 Å². The van der Waals surface area contributed by atoms with Gasteiger partial charge in [-0.1, -0.05) is 26.0 Å². The normalized spacial score (nSPS) is 13.2. The number of hydrogen-bond donors (Lipinski definition) is 1. The quantitative estimate of drug-likeness (QED) is 0.444. The number of hydrogen-bond acceptors (Lipinski definition) is 6. The highest BCUT2D eigenvalue weighted by Gasteiger charge is 2.26. The summed E-state index contributed by atoms with van der Waals surface area (Å²) in [4.78, 5) is 2.35. The van der Waals surface area contributed by atoms with Crippen LogP contribution in [0.25, 0.3) is 0 Å². The zero-order valence-electron chi connectivity index (χ0n) is 21.3. The number of ether oxygens (including phenoxy) is 4. The molecule has 0 aliphatic carbocycles. The van der Waals surface area contributed by atoms with E-state index in [1.54, 1.807) is 28.4 Å². The van der Waals surface area contributed by atoms with Crippen LogP contribution in [0.5, 0.6) is 23.0 Å². The molecule has 6 nitrogen and oxygen atoms in total. The van der Waals surface area contributed by atoms with Gasteiger partial charge in [-0.25, -0.2) is 0 Å². The number of nitrogens with zero attached hydrogens (tertiary/aromatic N) is 1. The molecule has 0 spiro atoms. The molecule has 184 valence electrons. The standard InChI is InChI=1S/C27H41NO5/c1-19(2)23(18-29)22(21-9-11-25(31-5)27(17-21)33-7)13-15-28(3)14-12-20-8-10-24(30-4)26(16-20)32-6/h8-11,16-17,19,22-23,29H,12-15,18H2,1-7H3/t22?,23-/m1/s1. The average Bonchev–Trinajstić information content (AvgIpc) is 2.84. The monoisotopic (exact) mass is 459 g/mol. The van der Waals surface area contributed by atoms with E-state index in [1.165, 1.54) is 11.1 Å². The van der Waals surface area contributed by atoms with Gasteiger partial charge in [0.25, 0.3) is 0 Å². The predicted octanol–water partition coefficient (Wildman–Crippen LogP) is 4.63. The summed E-state index contributed by atoms with van der Waals surface area (Å²) < 4.78 is 21.7. The zero-order valence-corrected chi connectivity index (χ0v) is 21.3. The minimum Gasteiger partial charge on any atom is -0.493 e. The van der Waals surface area contributed by atoms with Crippen LogP contribution in [0.15, 0.2) is 36.4 Å². The summed E-state index contributed by atoms with van der Waals surface area (Å²) in [6.07, 6.45) is 1.87. The fourth-order valence-corrected chi connectivity index (χ4v) is 4.34. The third-order valence-electron chi connectivity index (χ3n) is 6.47. The molecule has 2 rings (SSSR count). The van der Waals surface area contributed by atoms with Crippen LogP contribution in [0.2, 0.25) is 0 Å². The second kappa shape index (κ2) is 13.3. The lowest BCUT2D eigenvalue weighted by atomic mass is 9.77. The number of rotatable bonds is 14. The molecular formula is C27H41NO5. The molecule has 1 N–H and O–H groups in total. The molecule has 0 aliphatic rings. The van der Waals surface area contributed by atoms with Crippen molar-refractivity contribution in [3.8, 4) is 23.0 Å². The first kappa shape index (κ1) is 26.8. The Morgan fingerprint density at radius 2 is 1.36 bits per heavy atom. The van der Waals surface area contributed by atoms with Gasteiger partial charge >= 0.3 is 0 Å². The van der Waals surface area contributed by atoms with E-state index in [4.69, 9.17) is 18.9 Å². The van der Waals surface area contributed by atoms with Gasteiger partial charge in [0.2, 0.25) is 0 Å². The van der Waals surface area contributed by atoms with Crippen molar-refractivity contribution in [3.63, 3.8) is 0 Å². The van der Waals surface area contributed by atoms with Crippen LogP contribution in [0.1, 0.15) is 37.3 Å². The van der Waals surface area contributed by atoms with E-state index in [-0.39, 0.29) is 18.4 Å². The predicted molar refractivity (Wildman–Crippen MR) is 133 cm³/mol. The fourth-order valence-electron chi connectivity index (χ4n) is 4.34. The van der Waals surface area contributed by atoms with Gasteiger partial charge in [-0.3, -0.25) is 0 Å². The van der Waals surface area contributed by atoms with Gasteiger partial charge in [-0.05, 0) is 79.6 Å². The van der Waals surface area contributed by atoms with E-state index in [0.29, 0.717) is 5.92 Å². The second-order valence-electron chi connectivity index (χ2n) is 8.84. The molecule has 0 saturated carbocycles.